The van der Waals surface area contributed by atoms with E-state index in [-0.39, 0.29) is 90.6 Å². The summed E-state index contributed by atoms with van der Waals surface area (Å²) in [5.74, 6) is -12.3. The Morgan fingerprint density at radius 1 is 0.577 bits per heavy atom. The van der Waals surface area contributed by atoms with Crippen molar-refractivity contribution in [3.63, 3.8) is 0 Å². The fraction of sp³-hybridized carbons (Fsp3) is 0.520. The van der Waals surface area contributed by atoms with Gasteiger partial charge in [-0.2, -0.15) is 0 Å². The van der Waals surface area contributed by atoms with E-state index in [1.165, 1.54) is 0 Å². The summed E-state index contributed by atoms with van der Waals surface area (Å²) in [4.78, 5) is 146. The van der Waals surface area contributed by atoms with Gasteiger partial charge in [0, 0.05) is 81.8 Å². The smallest absolute Gasteiger partial charge is 0.305 e. The monoisotopic (exact) mass is 1360 g/mol. The second kappa shape index (κ2) is 36.5. The molecule has 0 bridgehead atoms. The van der Waals surface area contributed by atoms with Crippen molar-refractivity contribution in [1.82, 2.24) is 31.9 Å². The zero-order chi connectivity index (χ0) is 57.6. The summed E-state index contributed by atoms with van der Waals surface area (Å²) in [5, 5.41) is 60.4. The van der Waals surface area contributed by atoms with Crippen LogP contribution in [0.3, 0.4) is 0 Å². The van der Waals surface area contributed by atoms with E-state index in [1.807, 2.05) is 36.4 Å². The number of carboxylic acid groups (broad SMARTS) is 4. The molecule has 1 aliphatic carbocycles. The third-order valence-electron chi connectivity index (χ3n) is 12.3. The molecule has 0 fully saturated rings. The van der Waals surface area contributed by atoms with Crippen molar-refractivity contribution in [2.45, 2.75) is 153 Å². The van der Waals surface area contributed by atoms with Gasteiger partial charge in [0.25, 0.3) is 0 Å². The SMILES string of the molecule is CC(=O)[C@H](CC(=O)O)NC(=O)[C@@H](NC(=O)[C@H](CCC(=O)O)NC(=O)[C@@H]([NH-])Cc1ccc(I)cc1)C1Cc2ccccc2C1.CCC(C)[C@H]([NH-])C(=O)N[C@@H](CCC(=O)O)C(=O)N[C@H](C(=O)N[C@@H](CC(=O)O)C(C)=O)C(C)O.[Y].[Y]. The molecule has 0 aliphatic heterocycles. The van der Waals surface area contributed by atoms with Crippen molar-refractivity contribution in [3.05, 3.63) is 80.3 Å². The minimum Gasteiger partial charge on any atom is -0.667 e. The van der Waals surface area contributed by atoms with Gasteiger partial charge in [-0.3, -0.25) is 57.5 Å². The number of benzene rings is 2. The maximum absolute atomic E-state index is 13.5. The summed E-state index contributed by atoms with van der Waals surface area (Å²) >= 11 is 2.13. The molecule has 2 radical (unpaired) electrons. The van der Waals surface area contributed by atoms with Gasteiger partial charge in [0.1, 0.15) is 24.2 Å². The third kappa shape index (κ3) is 26.1. The standard InChI is InChI=1S/C30H34IN4O8.C20H33N4O9.2Y/c1-16(36)24(15-26(39)40)34-30(43)27(20-13-18-4-2-3-5-19(18)14-20)35-29(42)23(10-11-25(37)38)33-28(41)22(32)12-17-6-8-21(31)9-7-17;1-5-9(2)16(21)19(32)22-12(6-7-14(27)28)18(31)24-17(11(4)26)20(33)23-13(10(3)25)8-15(29)30;;/h2-9,20,22-24,27,32H,10-15H2,1H3,(H,33,41)(H,34,43)(H,35,42)(H,37,38)(H,39,40);9,11-13,16-17,21,26H,5-8H2,1-4H3,(H,22,32)(H,23,33)(H,24,31)(H,27,28)(H,29,30);;/q2*-1;;/t22-,23-,24-,27-;9?,11?,12-,13-,16-,17-;;/m00../s1. The van der Waals surface area contributed by atoms with E-state index in [0.717, 1.165) is 41.0 Å². The van der Waals surface area contributed by atoms with E-state index in [2.05, 4.69) is 54.5 Å². The first-order valence-electron chi connectivity index (χ1n) is 24.2. The number of nitrogens with one attached hydrogen (secondary N) is 8. The van der Waals surface area contributed by atoms with E-state index in [1.54, 1.807) is 26.0 Å². The van der Waals surface area contributed by atoms with Gasteiger partial charge in [-0.05, 0) is 110 Å². The average molecular weight is 1360 g/mol. The number of halogens is 1. The Hall–Kier alpha value is -4.70. The van der Waals surface area contributed by atoms with Gasteiger partial charge < -0.3 is 68.9 Å². The minimum absolute atomic E-state index is 0. The van der Waals surface area contributed by atoms with E-state index in [4.69, 9.17) is 21.7 Å². The molecule has 13 N–H and O–H groups in total. The van der Waals surface area contributed by atoms with Crippen molar-refractivity contribution >= 4 is 93.5 Å². The number of ketones is 2. The van der Waals surface area contributed by atoms with E-state index >= 15 is 0 Å². The summed E-state index contributed by atoms with van der Waals surface area (Å²) in [6.07, 6.45) is -3.02. The number of hydrogen-bond acceptors (Lipinski definition) is 13. The third-order valence-corrected chi connectivity index (χ3v) is 13.0. The first-order chi connectivity index (χ1) is 35.5. The number of hydrogen-bond donors (Lipinski definition) is 11. The molecule has 2 aromatic rings. The molecule has 1 aliphatic rings. The van der Waals surface area contributed by atoms with Crippen LogP contribution in [0, 0.1) is 15.4 Å². The molecule has 2 unspecified atom stereocenters. The largest absolute Gasteiger partial charge is 0.667 e. The Kier molecular flexibility index (Phi) is 34.3. The summed E-state index contributed by atoms with van der Waals surface area (Å²) in [6, 6.07) is 3.89. The summed E-state index contributed by atoms with van der Waals surface area (Å²) < 4.78 is 0.985. The zero-order valence-corrected chi connectivity index (χ0v) is 51.5. The number of amides is 6. The van der Waals surface area contributed by atoms with E-state index in [0.29, 0.717) is 19.3 Å². The van der Waals surface area contributed by atoms with Crippen LogP contribution in [-0.4, -0.2) is 151 Å². The molecule has 0 aromatic heterocycles. The van der Waals surface area contributed by atoms with E-state index < -0.39 is 157 Å². The molecule has 78 heavy (non-hydrogen) atoms. The number of aliphatic hydroxyl groups is 1. The van der Waals surface area contributed by atoms with Gasteiger partial charge in [-0.25, -0.2) is 0 Å². The van der Waals surface area contributed by atoms with Crippen LogP contribution in [0.1, 0.15) is 96.3 Å². The minimum atomic E-state index is -1.63. The first-order valence-corrected chi connectivity index (χ1v) is 25.2. The van der Waals surface area contributed by atoms with Crippen LogP contribution < -0.4 is 31.9 Å². The normalized spacial score (nSPS) is 15.3. The van der Waals surface area contributed by atoms with Crippen LogP contribution in [0.25, 0.3) is 11.5 Å². The van der Waals surface area contributed by atoms with Crippen LogP contribution in [0.5, 0.6) is 0 Å². The zero-order valence-electron chi connectivity index (χ0n) is 43.7. The predicted octanol–water partition coefficient (Wildman–Crippen LogP) is 1.26. The van der Waals surface area contributed by atoms with Gasteiger partial charge in [-0.15, -0.1) is 0 Å². The maximum atomic E-state index is 13.5. The molecule has 424 valence electrons. The number of rotatable bonds is 30. The molecule has 0 heterocycles. The Balaban J connectivity index is 0.00000154. The van der Waals surface area contributed by atoms with Crippen LogP contribution in [0.15, 0.2) is 48.5 Å². The number of fused-ring (bicyclic) bond motifs is 1. The van der Waals surface area contributed by atoms with Gasteiger partial charge in [0.2, 0.25) is 35.4 Å². The molecular weight excluding hydrogens is 1290 g/mol. The summed E-state index contributed by atoms with van der Waals surface area (Å²) in [5.41, 5.74) is 18.9. The maximum Gasteiger partial charge on any atom is 0.305 e. The Bertz CT molecular complexity index is 2410. The van der Waals surface area contributed by atoms with Crippen molar-refractivity contribution in [2.24, 2.45) is 11.8 Å². The summed E-state index contributed by atoms with van der Waals surface area (Å²) in [7, 11) is 0. The molecule has 0 saturated carbocycles. The second-order valence-corrected chi connectivity index (χ2v) is 19.7. The predicted molar refractivity (Wildman–Crippen MR) is 279 cm³/mol. The van der Waals surface area contributed by atoms with Crippen molar-refractivity contribution in [1.29, 1.82) is 0 Å². The molecule has 10 atom stereocenters. The Labute approximate surface area is 514 Å². The molecule has 6 amide bonds. The summed E-state index contributed by atoms with van der Waals surface area (Å²) in [6.45, 7) is 6.82. The molecule has 28 heteroatoms. The molecule has 0 saturated heterocycles. The second-order valence-electron chi connectivity index (χ2n) is 18.4. The molecule has 0 spiro atoms. The number of aliphatic carboxylic acids is 4. The Morgan fingerprint density at radius 2 is 1.00 bits per heavy atom. The average Bonchev–Trinajstić information content (AvgIpc) is 3.78. The van der Waals surface area contributed by atoms with Gasteiger partial charge in [-0.1, -0.05) is 74.7 Å². The van der Waals surface area contributed by atoms with Crippen molar-refractivity contribution in [3.8, 4) is 0 Å². The Morgan fingerprint density at radius 3 is 1.41 bits per heavy atom. The van der Waals surface area contributed by atoms with Crippen LogP contribution >= 0.6 is 22.6 Å². The fourth-order valence-electron chi connectivity index (χ4n) is 7.65. The molecule has 25 nitrogen and oxygen atoms in total. The molecular formula is C50H67IN8O17Y2-2. The quantitative estimate of drug-likeness (QED) is 0.0491. The van der Waals surface area contributed by atoms with Crippen LogP contribution in [0.4, 0.5) is 0 Å². The number of carbonyl (C=O) groups is 12. The number of carbonyl (C=O) groups excluding carboxylic acids is 8. The van der Waals surface area contributed by atoms with Gasteiger partial charge >= 0.3 is 23.9 Å². The number of aliphatic hydroxyl groups excluding tert-OH is 1. The molecule has 3 rings (SSSR count). The van der Waals surface area contributed by atoms with Crippen LogP contribution in [0.2, 0.25) is 0 Å². The van der Waals surface area contributed by atoms with Gasteiger partial charge in [0.05, 0.1) is 31.0 Å². The number of carboxylic acids is 4. The van der Waals surface area contributed by atoms with Crippen LogP contribution in [-0.2, 0) is 142 Å². The number of Topliss-reactive ketones (excluding diaryl/α,β-unsaturated/α-hetero) is 2. The molecule has 2 aromatic carbocycles. The van der Waals surface area contributed by atoms with Crippen molar-refractivity contribution in [2.75, 3.05) is 0 Å². The van der Waals surface area contributed by atoms with Gasteiger partial charge in [0.15, 0.2) is 11.6 Å². The fourth-order valence-corrected chi connectivity index (χ4v) is 8.01. The first kappa shape index (κ1) is 73.3. The van der Waals surface area contributed by atoms with Crippen molar-refractivity contribution < 1.29 is 148 Å². The topological polar surface area (TPSA) is 426 Å². The van der Waals surface area contributed by atoms with E-state index in [9.17, 15) is 72.9 Å².